The highest BCUT2D eigenvalue weighted by Gasteiger charge is 2.59. The first-order valence-electron chi connectivity index (χ1n) is 8.65. The van der Waals surface area contributed by atoms with Crippen molar-refractivity contribution in [2.24, 2.45) is 0 Å². The van der Waals surface area contributed by atoms with E-state index in [9.17, 15) is 0 Å². The summed E-state index contributed by atoms with van der Waals surface area (Å²) in [5.74, 6) is -0.829. The van der Waals surface area contributed by atoms with E-state index in [1.54, 1.807) is 6.20 Å². The van der Waals surface area contributed by atoms with Crippen LogP contribution in [0.4, 0.5) is 0 Å². The first kappa shape index (κ1) is 17.2. The van der Waals surface area contributed by atoms with Crippen LogP contribution in [0.3, 0.4) is 0 Å². The van der Waals surface area contributed by atoms with Crippen LogP contribution in [0.2, 0.25) is 0 Å². The van der Waals surface area contributed by atoms with Crippen LogP contribution in [-0.2, 0) is 23.7 Å². The molecule has 0 radical (unpaired) electrons. The number of nitrogens with zero attached hydrogens (tertiary/aromatic N) is 1. The third-order valence-corrected chi connectivity index (χ3v) is 4.56. The number of rotatable bonds is 3. The first-order chi connectivity index (χ1) is 11.7. The molecule has 0 aromatic carbocycles. The fourth-order valence-electron chi connectivity index (χ4n) is 3.48. The predicted octanol–water partition coefficient (Wildman–Crippen LogP) is 2.17. The third kappa shape index (κ3) is 3.39. The molecule has 0 bridgehead atoms. The lowest BCUT2D eigenvalue weighted by Gasteiger charge is -2.29. The van der Waals surface area contributed by atoms with Gasteiger partial charge in [0.25, 0.3) is 0 Å². The van der Waals surface area contributed by atoms with E-state index in [0.717, 1.165) is 5.56 Å². The van der Waals surface area contributed by atoms with Gasteiger partial charge in [-0.05, 0) is 40.2 Å². The van der Waals surface area contributed by atoms with Crippen molar-refractivity contribution in [3.8, 4) is 5.88 Å². The van der Waals surface area contributed by atoms with Crippen molar-refractivity contribution in [1.29, 1.82) is 0 Å². The summed E-state index contributed by atoms with van der Waals surface area (Å²) in [4.78, 5) is 4.34. The van der Waals surface area contributed by atoms with Crippen LogP contribution < -0.4 is 4.74 Å². The van der Waals surface area contributed by atoms with Crippen LogP contribution in [-0.4, -0.2) is 53.9 Å². The van der Waals surface area contributed by atoms with Crippen LogP contribution >= 0.6 is 0 Å². The minimum Gasteiger partial charge on any atom is -0.468 e. The number of aryl methyl sites for hydroxylation is 1. The maximum atomic E-state index is 6.15. The molecule has 5 atom stereocenters. The van der Waals surface area contributed by atoms with E-state index in [0.29, 0.717) is 12.5 Å². The van der Waals surface area contributed by atoms with Gasteiger partial charge in [-0.1, -0.05) is 6.07 Å². The smallest absolute Gasteiger partial charge is 0.213 e. The summed E-state index contributed by atoms with van der Waals surface area (Å²) in [6.07, 6.45) is -0.101. The predicted molar refractivity (Wildman–Crippen MR) is 87.0 cm³/mol. The molecule has 0 unspecified atom stereocenters. The molecule has 4 heterocycles. The highest BCUT2D eigenvalue weighted by molar-refractivity contribution is 5.17. The van der Waals surface area contributed by atoms with Crippen LogP contribution in [0, 0.1) is 6.92 Å². The molecule has 3 fully saturated rings. The maximum Gasteiger partial charge on any atom is 0.213 e. The van der Waals surface area contributed by atoms with E-state index in [1.165, 1.54) is 0 Å². The molecule has 7 nitrogen and oxygen atoms in total. The molecule has 25 heavy (non-hydrogen) atoms. The van der Waals surface area contributed by atoms with Crippen molar-refractivity contribution >= 4 is 0 Å². The first-order valence-corrected chi connectivity index (χ1v) is 8.65. The monoisotopic (exact) mass is 351 g/mol. The van der Waals surface area contributed by atoms with Gasteiger partial charge in [-0.3, -0.25) is 0 Å². The van der Waals surface area contributed by atoms with Gasteiger partial charge in [-0.15, -0.1) is 0 Å². The summed E-state index contributed by atoms with van der Waals surface area (Å²) in [5.41, 5.74) is 1.07. The van der Waals surface area contributed by atoms with Crippen LogP contribution in [0.25, 0.3) is 0 Å². The van der Waals surface area contributed by atoms with E-state index in [1.807, 2.05) is 46.8 Å². The highest BCUT2D eigenvalue weighted by atomic mass is 16.8. The molecule has 4 rings (SSSR count). The zero-order valence-corrected chi connectivity index (χ0v) is 15.2. The van der Waals surface area contributed by atoms with Crippen LogP contribution in [0.15, 0.2) is 18.3 Å². The molecule has 0 amide bonds. The molecule has 0 spiro atoms. The number of hydrogen-bond acceptors (Lipinski definition) is 7. The van der Waals surface area contributed by atoms with E-state index >= 15 is 0 Å². The topological polar surface area (TPSA) is 68.3 Å². The summed E-state index contributed by atoms with van der Waals surface area (Å²) in [6.45, 7) is 9.91. The Morgan fingerprint density at radius 1 is 1.04 bits per heavy atom. The normalized spacial score (nSPS) is 38.7. The molecule has 3 saturated heterocycles. The van der Waals surface area contributed by atoms with Crippen molar-refractivity contribution < 1.29 is 28.4 Å². The van der Waals surface area contributed by atoms with Crippen molar-refractivity contribution in [1.82, 2.24) is 4.98 Å². The Hall–Kier alpha value is -1.25. The molecular formula is C18H25NO6. The summed E-state index contributed by atoms with van der Waals surface area (Å²) in [6, 6.07) is 3.80. The minimum atomic E-state index is -0.713. The van der Waals surface area contributed by atoms with E-state index < -0.39 is 24.0 Å². The molecule has 3 aliphatic rings. The number of ether oxygens (including phenoxy) is 6. The van der Waals surface area contributed by atoms with Gasteiger partial charge in [0.15, 0.2) is 30.1 Å². The highest BCUT2D eigenvalue weighted by Crippen LogP contribution is 2.42. The average molecular weight is 351 g/mol. The number of aromatic nitrogens is 1. The molecule has 0 saturated carbocycles. The Labute approximate surface area is 147 Å². The lowest BCUT2D eigenvalue weighted by Crippen LogP contribution is -2.46. The van der Waals surface area contributed by atoms with E-state index in [2.05, 4.69) is 4.98 Å². The van der Waals surface area contributed by atoms with Gasteiger partial charge in [0.05, 0.1) is 6.61 Å². The Kier molecular flexibility index (Phi) is 4.05. The summed E-state index contributed by atoms with van der Waals surface area (Å²) < 4.78 is 35.8. The fourth-order valence-corrected chi connectivity index (χ4v) is 3.48. The Balaban J connectivity index is 1.56. The van der Waals surface area contributed by atoms with E-state index in [-0.39, 0.29) is 18.3 Å². The SMILES string of the molecule is Cc1ccc(O[C@@H]2[C@H]3OC(C)(C)O[C@H]3O[C@@H]2[C@@H]2COC(C)(C)O2)nc1. The Bertz CT molecular complexity index is 631. The van der Waals surface area contributed by atoms with Crippen molar-refractivity contribution in [3.05, 3.63) is 23.9 Å². The van der Waals surface area contributed by atoms with Crippen molar-refractivity contribution in [2.75, 3.05) is 6.61 Å². The number of hydrogen-bond donors (Lipinski definition) is 0. The second kappa shape index (κ2) is 5.89. The second-order valence-electron chi connectivity index (χ2n) is 7.69. The largest absolute Gasteiger partial charge is 0.468 e. The van der Waals surface area contributed by atoms with Crippen molar-refractivity contribution in [2.45, 2.75) is 76.9 Å². The zero-order chi connectivity index (χ0) is 17.8. The summed E-state index contributed by atoms with van der Waals surface area (Å²) in [7, 11) is 0. The number of fused-ring (bicyclic) bond motifs is 1. The fraction of sp³-hybridized carbons (Fsp3) is 0.722. The minimum absolute atomic E-state index is 0.258. The van der Waals surface area contributed by atoms with Gasteiger partial charge < -0.3 is 28.4 Å². The van der Waals surface area contributed by atoms with Gasteiger partial charge >= 0.3 is 0 Å². The average Bonchev–Trinajstić information content (AvgIpc) is 3.12. The quantitative estimate of drug-likeness (QED) is 0.826. The maximum absolute atomic E-state index is 6.15. The molecule has 0 N–H and O–H groups in total. The molecule has 3 aliphatic heterocycles. The van der Waals surface area contributed by atoms with Gasteiger partial charge in [0.2, 0.25) is 5.88 Å². The molecule has 138 valence electrons. The lowest BCUT2D eigenvalue weighted by molar-refractivity contribution is -0.230. The molecule has 7 heteroatoms. The molecule has 1 aromatic rings. The van der Waals surface area contributed by atoms with Gasteiger partial charge in [-0.2, -0.15) is 0 Å². The van der Waals surface area contributed by atoms with Gasteiger partial charge in [0.1, 0.15) is 12.2 Å². The summed E-state index contributed by atoms with van der Waals surface area (Å²) >= 11 is 0. The van der Waals surface area contributed by atoms with Crippen LogP contribution in [0.5, 0.6) is 5.88 Å². The standard InChI is InChI=1S/C18H25NO6/c1-10-6-7-12(19-8-10)21-14-13(11-9-20-17(2,3)23-11)22-16-15(14)24-18(4,5)25-16/h6-8,11,13-16H,9H2,1-5H3/t11-,13+,14-,15+,16+/m0/s1. The molecule has 1 aromatic heterocycles. The van der Waals surface area contributed by atoms with Gasteiger partial charge in [0, 0.05) is 12.3 Å². The Morgan fingerprint density at radius 2 is 1.84 bits per heavy atom. The van der Waals surface area contributed by atoms with Crippen molar-refractivity contribution in [3.63, 3.8) is 0 Å². The number of pyridine rings is 1. The molecular weight excluding hydrogens is 326 g/mol. The van der Waals surface area contributed by atoms with Crippen LogP contribution in [0.1, 0.15) is 33.3 Å². The van der Waals surface area contributed by atoms with E-state index in [4.69, 9.17) is 28.4 Å². The third-order valence-electron chi connectivity index (χ3n) is 4.56. The van der Waals surface area contributed by atoms with Gasteiger partial charge in [-0.25, -0.2) is 4.98 Å². The zero-order valence-electron chi connectivity index (χ0n) is 15.2. The second-order valence-corrected chi connectivity index (χ2v) is 7.69. The summed E-state index contributed by atoms with van der Waals surface area (Å²) in [5, 5.41) is 0. The Morgan fingerprint density at radius 3 is 2.48 bits per heavy atom. The lowest BCUT2D eigenvalue weighted by atomic mass is 10.1. The molecule has 0 aliphatic carbocycles.